The molecule has 1 aliphatic carbocycles. The van der Waals surface area contributed by atoms with Gasteiger partial charge in [0.05, 0.1) is 30.1 Å². The predicted octanol–water partition coefficient (Wildman–Crippen LogP) is 4.72. The van der Waals surface area contributed by atoms with E-state index < -0.39 is 35.1 Å². The number of aliphatic hydroxyl groups excluding tert-OH is 1. The van der Waals surface area contributed by atoms with E-state index in [0.29, 0.717) is 38.9 Å². The third-order valence-electron chi connectivity index (χ3n) is 10.9. The lowest BCUT2D eigenvalue weighted by Gasteiger charge is -2.43. The normalized spacial score (nSPS) is 30.3. The summed E-state index contributed by atoms with van der Waals surface area (Å²) in [7, 11) is 0. The fraction of sp³-hybridized carbons (Fsp3) is 0.639. The maximum absolute atomic E-state index is 14.9. The Morgan fingerprint density at radius 1 is 1.07 bits per heavy atom. The molecule has 6 atom stereocenters. The van der Waals surface area contributed by atoms with Crippen molar-refractivity contribution in [1.29, 1.82) is 0 Å². The number of likely N-dealkylation sites (tertiary alicyclic amines) is 1. The number of amides is 3. The number of rotatable bonds is 13. The van der Waals surface area contributed by atoms with E-state index >= 15 is 0 Å². The highest BCUT2D eigenvalue weighted by Crippen LogP contribution is 2.65. The second kappa shape index (κ2) is 13.2. The predicted molar refractivity (Wildman–Crippen MR) is 170 cm³/mol. The fourth-order valence-corrected chi connectivity index (χ4v) is 8.78. The molecule has 3 heterocycles. The van der Waals surface area contributed by atoms with Crippen LogP contribution in [-0.4, -0.2) is 86.6 Å². The molecule has 5 rings (SSSR count). The van der Waals surface area contributed by atoms with Crippen LogP contribution in [0, 0.1) is 17.8 Å². The number of carbonyl (C=O) groups is 3. The molecule has 0 radical (unpaired) electrons. The van der Waals surface area contributed by atoms with Crippen LogP contribution in [-0.2, 0) is 25.7 Å². The van der Waals surface area contributed by atoms with Crippen LogP contribution in [0.3, 0.4) is 0 Å². The molecule has 1 aromatic carbocycles. The van der Waals surface area contributed by atoms with Crippen LogP contribution in [0.1, 0.15) is 77.7 Å². The van der Waals surface area contributed by atoms with Crippen molar-refractivity contribution in [3.05, 3.63) is 61.2 Å². The van der Waals surface area contributed by atoms with E-state index in [1.165, 1.54) is 0 Å². The molecule has 1 N–H and O–H groups in total. The highest BCUT2D eigenvalue weighted by atomic mass is 16.5. The van der Waals surface area contributed by atoms with Crippen molar-refractivity contribution in [2.45, 2.75) is 108 Å². The summed E-state index contributed by atoms with van der Waals surface area (Å²) in [5.74, 6) is -2.15. The van der Waals surface area contributed by atoms with Gasteiger partial charge in [0.25, 0.3) is 0 Å². The van der Waals surface area contributed by atoms with E-state index in [9.17, 15) is 19.5 Å². The van der Waals surface area contributed by atoms with Gasteiger partial charge in [0.2, 0.25) is 17.7 Å². The molecule has 8 heteroatoms. The van der Waals surface area contributed by atoms with E-state index in [1.54, 1.807) is 22.0 Å². The number of ether oxygens (including phenoxy) is 1. The van der Waals surface area contributed by atoms with Gasteiger partial charge in [-0.15, -0.1) is 13.2 Å². The summed E-state index contributed by atoms with van der Waals surface area (Å²) in [5.41, 5.74) is -0.973. The Bertz CT molecular complexity index is 1230. The molecule has 2 unspecified atom stereocenters. The summed E-state index contributed by atoms with van der Waals surface area (Å²) in [6, 6.07) is 8.41. The van der Waals surface area contributed by atoms with Crippen molar-refractivity contribution in [3.8, 4) is 0 Å². The zero-order chi connectivity index (χ0) is 31.6. The maximum atomic E-state index is 14.9. The van der Waals surface area contributed by atoms with Crippen molar-refractivity contribution >= 4 is 17.7 Å². The van der Waals surface area contributed by atoms with Gasteiger partial charge in [-0.05, 0) is 43.6 Å². The summed E-state index contributed by atoms with van der Waals surface area (Å²) in [4.78, 5) is 49.7. The van der Waals surface area contributed by atoms with Gasteiger partial charge >= 0.3 is 0 Å². The van der Waals surface area contributed by atoms with E-state index in [2.05, 4.69) is 13.2 Å². The molecule has 44 heavy (non-hydrogen) atoms. The van der Waals surface area contributed by atoms with E-state index in [4.69, 9.17) is 4.74 Å². The van der Waals surface area contributed by atoms with Crippen molar-refractivity contribution < 1.29 is 24.2 Å². The van der Waals surface area contributed by atoms with Crippen LogP contribution in [0.4, 0.5) is 0 Å². The molecule has 3 amide bonds. The lowest BCUT2D eigenvalue weighted by Crippen LogP contribution is -2.61. The Morgan fingerprint density at radius 2 is 1.75 bits per heavy atom. The summed E-state index contributed by atoms with van der Waals surface area (Å²) >= 11 is 0. The van der Waals surface area contributed by atoms with Gasteiger partial charge in [-0.2, -0.15) is 0 Å². The minimum atomic E-state index is -1.13. The Hall–Kier alpha value is -2.97. The number of aliphatic hydroxyl groups is 1. The van der Waals surface area contributed by atoms with Crippen molar-refractivity contribution in [1.82, 2.24) is 14.7 Å². The molecule has 1 saturated carbocycles. The molecule has 1 aromatic rings. The molecule has 3 aliphatic heterocycles. The van der Waals surface area contributed by atoms with Crippen LogP contribution < -0.4 is 0 Å². The SMILES string of the molecule is C=CCN(Cc1ccccc1)C(=O)[C@H]1[C@H]2C(=O)N([C@@H](CO)C(C)C)C(C(=O)N(CC=C)C3CCCCC3)C23CC[C@]1(CC)O3. The Kier molecular flexibility index (Phi) is 9.71. The van der Waals surface area contributed by atoms with E-state index in [1.807, 2.05) is 56.0 Å². The number of carbonyl (C=O) groups excluding carboxylic acids is 3. The molecule has 4 fully saturated rings. The smallest absolute Gasteiger partial charge is 0.248 e. The number of fused-ring (bicyclic) bond motifs is 1. The van der Waals surface area contributed by atoms with Crippen LogP contribution in [0.5, 0.6) is 0 Å². The molecule has 3 saturated heterocycles. The Morgan fingerprint density at radius 3 is 2.34 bits per heavy atom. The number of hydrogen-bond acceptors (Lipinski definition) is 5. The van der Waals surface area contributed by atoms with Gasteiger partial charge in [0.1, 0.15) is 11.6 Å². The molecule has 4 aliphatic rings. The molecule has 0 aromatic heterocycles. The first-order valence-corrected chi connectivity index (χ1v) is 16.7. The maximum Gasteiger partial charge on any atom is 0.248 e. The minimum absolute atomic E-state index is 0.0680. The first-order valence-electron chi connectivity index (χ1n) is 16.7. The second-order valence-corrected chi connectivity index (χ2v) is 13.6. The average molecular weight is 606 g/mol. The quantitative estimate of drug-likeness (QED) is 0.329. The van der Waals surface area contributed by atoms with Gasteiger partial charge in [-0.25, -0.2) is 0 Å². The van der Waals surface area contributed by atoms with Crippen LogP contribution in [0.25, 0.3) is 0 Å². The lowest BCUT2D eigenvalue weighted by molar-refractivity contribution is -0.160. The fourth-order valence-electron chi connectivity index (χ4n) is 8.78. The number of benzene rings is 1. The molecular formula is C36H51N3O5. The summed E-state index contributed by atoms with van der Waals surface area (Å²) in [6.07, 6.45) is 10.3. The highest BCUT2D eigenvalue weighted by molar-refractivity contribution is 5.99. The van der Waals surface area contributed by atoms with Gasteiger partial charge in [-0.3, -0.25) is 14.4 Å². The zero-order valence-corrected chi connectivity index (χ0v) is 26.8. The van der Waals surface area contributed by atoms with Crippen LogP contribution in [0.15, 0.2) is 55.6 Å². The number of nitrogens with zero attached hydrogens (tertiary/aromatic N) is 3. The largest absolute Gasteiger partial charge is 0.394 e. The molecule has 240 valence electrons. The summed E-state index contributed by atoms with van der Waals surface area (Å²) in [5, 5.41) is 10.6. The van der Waals surface area contributed by atoms with Gasteiger partial charge < -0.3 is 24.5 Å². The molecule has 1 spiro atoms. The van der Waals surface area contributed by atoms with Crippen molar-refractivity contribution in [3.63, 3.8) is 0 Å². The van der Waals surface area contributed by atoms with Crippen LogP contribution in [0.2, 0.25) is 0 Å². The second-order valence-electron chi connectivity index (χ2n) is 13.6. The topological polar surface area (TPSA) is 90.4 Å². The van der Waals surface area contributed by atoms with Crippen molar-refractivity contribution in [2.75, 3.05) is 19.7 Å². The van der Waals surface area contributed by atoms with Crippen LogP contribution >= 0.6 is 0 Å². The lowest BCUT2D eigenvalue weighted by atomic mass is 9.64. The first-order chi connectivity index (χ1) is 21.2. The average Bonchev–Trinajstić information content (AvgIpc) is 3.64. The Labute approximate surface area is 263 Å². The van der Waals surface area contributed by atoms with Gasteiger partial charge in [0.15, 0.2) is 0 Å². The van der Waals surface area contributed by atoms with Gasteiger partial charge in [-0.1, -0.05) is 82.5 Å². The zero-order valence-electron chi connectivity index (χ0n) is 26.8. The van der Waals surface area contributed by atoms with E-state index in [-0.39, 0.29) is 36.3 Å². The van der Waals surface area contributed by atoms with Crippen molar-refractivity contribution in [2.24, 2.45) is 17.8 Å². The molecule has 2 bridgehead atoms. The molecular weight excluding hydrogens is 554 g/mol. The third-order valence-corrected chi connectivity index (χ3v) is 10.9. The molecule has 8 nitrogen and oxygen atoms in total. The standard InChI is InChI=1S/C36H51N3O5/c1-6-21-37(23-26-15-11-9-12-16-26)32(41)29-30-33(42)39(28(24-40)25(4)5)31(36(30)20-19-35(29,8-3)44-36)34(43)38(22-7-2)27-17-13-10-14-18-27/h6-7,9,11-12,15-16,25,27-31,40H,1-2,8,10,13-14,17-24H2,3-5H3/t28-,29+,30-,31?,35-,36?/m0/s1. The summed E-state index contributed by atoms with van der Waals surface area (Å²) < 4.78 is 7.07. The highest BCUT2D eigenvalue weighted by Gasteiger charge is 2.79. The first kappa shape index (κ1) is 32.4. The van der Waals surface area contributed by atoms with E-state index in [0.717, 1.165) is 37.7 Å². The summed E-state index contributed by atoms with van der Waals surface area (Å²) in [6.45, 7) is 14.7. The Balaban J connectivity index is 1.59. The number of hydrogen-bond donors (Lipinski definition) is 1. The monoisotopic (exact) mass is 605 g/mol. The van der Waals surface area contributed by atoms with Gasteiger partial charge in [0, 0.05) is 25.7 Å². The minimum Gasteiger partial charge on any atom is -0.394 e. The third kappa shape index (κ3) is 5.32.